The van der Waals surface area contributed by atoms with Crippen LogP contribution in [-0.4, -0.2) is 8.42 Å². The van der Waals surface area contributed by atoms with Gasteiger partial charge in [0.05, 0.1) is 15.8 Å². The third-order valence-electron chi connectivity index (χ3n) is 3.20. The van der Waals surface area contributed by atoms with Crippen molar-refractivity contribution in [3.05, 3.63) is 56.7 Å². The van der Waals surface area contributed by atoms with Crippen LogP contribution in [0.1, 0.15) is 36.8 Å². The highest BCUT2D eigenvalue weighted by Gasteiger charge is 2.16. The molecule has 2 nitrogen and oxygen atoms in total. The summed E-state index contributed by atoms with van der Waals surface area (Å²) in [7, 11) is -3.17. The highest BCUT2D eigenvalue weighted by molar-refractivity contribution is 7.90. The van der Waals surface area contributed by atoms with Gasteiger partial charge < -0.3 is 0 Å². The Labute approximate surface area is 135 Å². The number of sulfone groups is 1. The van der Waals surface area contributed by atoms with Crippen LogP contribution in [0.25, 0.3) is 0 Å². The monoisotopic (exact) mass is 342 g/mol. The van der Waals surface area contributed by atoms with Crippen LogP contribution < -0.4 is 0 Å². The summed E-state index contributed by atoms with van der Waals surface area (Å²) in [6.45, 7) is 6.41. The standard InChI is InChI=1S/C16H19ClO2S2/c1-16(2,3)13-6-4-12(5-7-13)10-21(18,19)11-14-8-9-15(17)20-14/h4-9H,10-11H2,1-3H3. The molecule has 5 heteroatoms. The molecule has 0 atom stereocenters. The van der Waals surface area contributed by atoms with Gasteiger partial charge in [-0.3, -0.25) is 0 Å². The van der Waals surface area contributed by atoms with Crippen molar-refractivity contribution in [2.75, 3.05) is 0 Å². The first kappa shape index (κ1) is 16.5. The zero-order valence-electron chi connectivity index (χ0n) is 12.4. The highest BCUT2D eigenvalue weighted by atomic mass is 35.5. The van der Waals surface area contributed by atoms with Crippen LogP contribution in [0.2, 0.25) is 4.34 Å². The van der Waals surface area contributed by atoms with E-state index in [0.29, 0.717) is 4.34 Å². The highest BCUT2D eigenvalue weighted by Crippen LogP contribution is 2.25. The zero-order valence-corrected chi connectivity index (χ0v) is 14.8. The maximum absolute atomic E-state index is 12.2. The molecule has 0 spiro atoms. The normalized spacial score (nSPS) is 12.6. The molecule has 0 aliphatic heterocycles. The Hall–Kier alpha value is -0.840. The average molecular weight is 343 g/mol. The van der Waals surface area contributed by atoms with Gasteiger partial charge in [-0.05, 0) is 28.7 Å². The number of halogens is 1. The summed E-state index contributed by atoms with van der Waals surface area (Å²) in [5.41, 5.74) is 2.10. The minimum Gasteiger partial charge on any atom is -0.228 e. The maximum Gasteiger partial charge on any atom is 0.159 e. The van der Waals surface area contributed by atoms with Crippen LogP contribution in [0.15, 0.2) is 36.4 Å². The summed E-state index contributed by atoms with van der Waals surface area (Å²) in [5.74, 6) is 0.109. The van der Waals surface area contributed by atoms with Crippen molar-refractivity contribution in [2.24, 2.45) is 0 Å². The topological polar surface area (TPSA) is 34.1 Å². The van der Waals surface area contributed by atoms with Gasteiger partial charge in [-0.15, -0.1) is 11.3 Å². The number of thiophene rings is 1. The van der Waals surface area contributed by atoms with Crippen molar-refractivity contribution in [3.8, 4) is 0 Å². The number of hydrogen-bond acceptors (Lipinski definition) is 3. The first-order chi connectivity index (χ1) is 9.66. The molecule has 21 heavy (non-hydrogen) atoms. The van der Waals surface area contributed by atoms with Gasteiger partial charge in [0.25, 0.3) is 0 Å². The van der Waals surface area contributed by atoms with E-state index in [1.165, 1.54) is 16.9 Å². The van der Waals surface area contributed by atoms with E-state index in [9.17, 15) is 8.42 Å². The molecule has 0 unspecified atom stereocenters. The van der Waals surface area contributed by atoms with Crippen molar-refractivity contribution in [2.45, 2.75) is 37.7 Å². The molecule has 0 saturated heterocycles. The fraction of sp³-hybridized carbons (Fsp3) is 0.375. The van der Waals surface area contributed by atoms with Crippen LogP contribution in [0.4, 0.5) is 0 Å². The van der Waals surface area contributed by atoms with Crippen molar-refractivity contribution in [1.29, 1.82) is 0 Å². The molecule has 0 bridgehead atoms. The van der Waals surface area contributed by atoms with Crippen molar-refractivity contribution < 1.29 is 8.42 Å². The van der Waals surface area contributed by atoms with E-state index in [4.69, 9.17) is 11.6 Å². The summed E-state index contributed by atoms with van der Waals surface area (Å²) in [6.07, 6.45) is 0. The van der Waals surface area contributed by atoms with E-state index >= 15 is 0 Å². The van der Waals surface area contributed by atoms with Gasteiger partial charge >= 0.3 is 0 Å². The van der Waals surface area contributed by atoms with E-state index in [0.717, 1.165) is 10.4 Å². The molecule has 114 valence electrons. The zero-order chi connectivity index (χ0) is 15.7. The van der Waals surface area contributed by atoms with E-state index in [1.807, 2.05) is 24.3 Å². The third kappa shape index (κ3) is 4.83. The molecular formula is C16H19ClO2S2. The summed E-state index contributed by atoms with van der Waals surface area (Å²) < 4.78 is 25.1. The van der Waals surface area contributed by atoms with Crippen LogP contribution in [0, 0.1) is 0 Å². The largest absolute Gasteiger partial charge is 0.228 e. The Kier molecular flexibility index (Phi) is 4.81. The predicted octanol–water partition coefficient (Wildman–Crippen LogP) is 4.81. The van der Waals surface area contributed by atoms with Gasteiger partial charge in [-0.2, -0.15) is 0 Å². The van der Waals surface area contributed by atoms with E-state index in [2.05, 4.69) is 20.8 Å². The lowest BCUT2D eigenvalue weighted by atomic mass is 9.87. The fourth-order valence-corrected chi connectivity index (χ4v) is 5.04. The van der Waals surface area contributed by atoms with Crippen molar-refractivity contribution in [1.82, 2.24) is 0 Å². The van der Waals surface area contributed by atoms with E-state index in [-0.39, 0.29) is 16.9 Å². The van der Waals surface area contributed by atoms with Gasteiger partial charge in [-0.1, -0.05) is 56.6 Å². The quantitative estimate of drug-likeness (QED) is 0.798. The van der Waals surface area contributed by atoms with Crippen LogP contribution in [0.3, 0.4) is 0 Å². The lowest BCUT2D eigenvalue weighted by Gasteiger charge is -2.19. The molecule has 0 aliphatic rings. The Morgan fingerprint density at radius 2 is 1.62 bits per heavy atom. The van der Waals surface area contributed by atoms with Gasteiger partial charge in [0.1, 0.15) is 0 Å². The number of rotatable bonds is 4. The molecule has 1 aromatic carbocycles. The third-order valence-corrected chi connectivity index (χ3v) is 6.14. The summed E-state index contributed by atoms with van der Waals surface area (Å²) in [4.78, 5) is 0.784. The molecule has 0 aliphatic carbocycles. The first-order valence-corrected chi connectivity index (χ1v) is 9.71. The second-order valence-electron chi connectivity index (χ2n) is 6.18. The Morgan fingerprint density at radius 3 is 2.10 bits per heavy atom. The first-order valence-electron chi connectivity index (χ1n) is 6.70. The minimum atomic E-state index is -3.17. The minimum absolute atomic E-state index is 0.0470. The summed E-state index contributed by atoms with van der Waals surface area (Å²) >= 11 is 7.15. The lowest BCUT2D eigenvalue weighted by Crippen LogP contribution is -2.11. The second-order valence-corrected chi connectivity index (χ2v) is 10.0. The maximum atomic E-state index is 12.2. The lowest BCUT2D eigenvalue weighted by molar-refractivity contribution is 0.589. The fourth-order valence-electron chi connectivity index (χ4n) is 2.05. The van der Waals surface area contributed by atoms with Gasteiger partial charge in [0, 0.05) is 4.88 Å². The molecule has 0 radical (unpaired) electrons. The molecule has 0 fully saturated rings. The molecule has 0 N–H and O–H groups in total. The van der Waals surface area contributed by atoms with Crippen LogP contribution in [-0.2, 0) is 26.8 Å². The molecular weight excluding hydrogens is 324 g/mol. The van der Waals surface area contributed by atoms with Crippen molar-refractivity contribution in [3.63, 3.8) is 0 Å². The van der Waals surface area contributed by atoms with Crippen LogP contribution >= 0.6 is 22.9 Å². The molecule has 2 rings (SSSR count). The van der Waals surface area contributed by atoms with Crippen LogP contribution in [0.5, 0.6) is 0 Å². The molecule has 1 heterocycles. The molecule has 2 aromatic rings. The SMILES string of the molecule is CC(C)(C)c1ccc(CS(=O)(=O)Cc2ccc(Cl)s2)cc1. The Morgan fingerprint density at radius 1 is 1.00 bits per heavy atom. The molecule has 1 aromatic heterocycles. The van der Waals surface area contributed by atoms with E-state index in [1.54, 1.807) is 12.1 Å². The van der Waals surface area contributed by atoms with Gasteiger partial charge in [0.2, 0.25) is 0 Å². The summed E-state index contributed by atoms with van der Waals surface area (Å²) in [5, 5.41) is 0. The number of hydrogen-bond donors (Lipinski definition) is 0. The summed E-state index contributed by atoms with van der Waals surface area (Å²) in [6, 6.07) is 11.3. The van der Waals surface area contributed by atoms with Crippen molar-refractivity contribution >= 4 is 32.8 Å². The Bertz CT molecular complexity index is 707. The molecule has 0 amide bonds. The van der Waals surface area contributed by atoms with E-state index < -0.39 is 9.84 Å². The Balaban J connectivity index is 2.10. The second kappa shape index (κ2) is 6.11. The average Bonchev–Trinajstić information content (AvgIpc) is 2.72. The van der Waals surface area contributed by atoms with Gasteiger partial charge in [-0.25, -0.2) is 8.42 Å². The smallest absolute Gasteiger partial charge is 0.159 e. The number of benzene rings is 1. The predicted molar refractivity (Wildman–Crippen MR) is 90.8 cm³/mol. The molecule has 0 saturated carbocycles. The van der Waals surface area contributed by atoms with Gasteiger partial charge in [0.15, 0.2) is 9.84 Å².